The van der Waals surface area contributed by atoms with Crippen molar-refractivity contribution in [2.45, 2.75) is 20.8 Å². The summed E-state index contributed by atoms with van der Waals surface area (Å²) in [5.41, 5.74) is 4.60. The Bertz CT molecular complexity index is 539. The Morgan fingerprint density at radius 3 is 2.24 bits per heavy atom. The van der Waals surface area contributed by atoms with Crippen LogP contribution in [0.25, 0.3) is 11.3 Å². The minimum absolute atomic E-state index is 0.102. The van der Waals surface area contributed by atoms with Crippen LogP contribution in [0.15, 0.2) is 30.7 Å². The Labute approximate surface area is 101 Å². The quantitative estimate of drug-likeness (QED) is 0.739. The lowest BCUT2D eigenvalue weighted by Gasteiger charge is -2.09. The fourth-order valence-corrected chi connectivity index (χ4v) is 2.11. The zero-order chi connectivity index (χ0) is 12.4. The lowest BCUT2D eigenvalue weighted by molar-refractivity contribution is 0.101. The Hall–Kier alpha value is -2.03. The van der Waals surface area contributed by atoms with E-state index >= 15 is 0 Å². The van der Waals surface area contributed by atoms with E-state index in [1.54, 1.807) is 25.5 Å². The first-order valence-corrected chi connectivity index (χ1v) is 5.48. The standard InChI is InChI=1S/C14H14N2O/c1-9-6-12(13-8-15-4-5-16-13)7-10(2)14(9)11(3)17/h4-8H,1-3H3. The number of hydrogen-bond acceptors (Lipinski definition) is 3. The number of ketones is 1. The molecule has 2 rings (SSSR count). The molecule has 3 heteroatoms. The van der Waals surface area contributed by atoms with Crippen molar-refractivity contribution in [2.24, 2.45) is 0 Å². The number of aryl methyl sites for hydroxylation is 2. The second-order valence-electron chi connectivity index (χ2n) is 4.13. The molecule has 0 spiro atoms. The minimum Gasteiger partial charge on any atom is -0.294 e. The molecule has 0 amide bonds. The van der Waals surface area contributed by atoms with Gasteiger partial charge < -0.3 is 0 Å². The second kappa shape index (κ2) is 4.45. The highest BCUT2D eigenvalue weighted by Crippen LogP contribution is 2.23. The topological polar surface area (TPSA) is 42.9 Å². The number of nitrogens with zero attached hydrogens (tertiary/aromatic N) is 2. The molecule has 0 radical (unpaired) electrons. The predicted octanol–water partition coefficient (Wildman–Crippen LogP) is 2.96. The van der Waals surface area contributed by atoms with Crippen LogP contribution in [0.2, 0.25) is 0 Å². The highest BCUT2D eigenvalue weighted by Gasteiger charge is 2.10. The number of Topliss-reactive ketones (excluding diaryl/α,β-unsaturated/α-hetero) is 1. The summed E-state index contributed by atoms with van der Waals surface area (Å²) in [6, 6.07) is 3.96. The van der Waals surface area contributed by atoms with Crippen LogP contribution < -0.4 is 0 Å². The van der Waals surface area contributed by atoms with Crippen LogP contribution in [0.3, 0.4) is 0 Å². The van der Waals surface area contributed by atoms with E-state index in [2.05, 4.69) is 9.97 Å². The summed E-state index contributed by atoms with van der Waals surface area (Å²) in [5, 5.41) is 0. The largest absolute Gasteiger partial charge is 0.294 e. The maximum absolute atomic E-state index is 11.5. The van der Waals surface area contributed by atoms with E-state index in [1.807, 2.05) is 26.0 Å². The molecule has 0 bridgehead atoms. The maximum Gasteiger partial charge on any atom is 0.160 e. The molecule has 17 heavy (non-hydrogen) atoms. The average Bonchev–Trinajstić information content (AvgIpc) is 2.28. The lowest BCUT2D eigenvalue weighted by Crippen LogP contribution is -2.00. The zero-order valence-electron chi connectivity index (χ0n) is 10.2. The molecule has 3 nitrogen and oxygen atoms in total. The van der Waals surface area contributed by atoms with Gasteiger partial charge in [-0.1, -0.05) is 0 Å². The number of carbonyl (C=O) groups is 1. The molecule has 1 heterocycles. The molecule has 0 aliphatic heterocycles. The first-order valence-electron chi connectivity index (χ1n) is 5.48. The van der Waals surface area contributed by atoms with Crippen molar-refractivity contribution >= 4 is 5.78 Å². The Kier molecular flexibility index (Phi) is 3.00. The van der Waals surface area contributed by atoms with Gasteiger partial charge in [0.05, 0.1) is 11.9 Å². The van der Waals surface area contributed by atoms with Crippen LogP contribution in [0, 0.1) is 13.8 Å². The van der Waals surface area contributed by atoms with Gasteiger partial charge in [-0.2, -0.15) is 0 Å². The van der Waals surface area contributed by atoms with Crippen LogP contribution in [0.4, 0.5) is 0 Å². The van der Waals surface area contributed by atoms with E-state index in [0.29, 0.717) is 0 Å². The third-order valence-electron chi connectivity index (χ3n) is 2.74. The van der Waals surface area contributed by atoms with Gasteiger partial charge in [-0.25, -0.2) is 0 Å². The average molecular weight is 226 g/mol. The van der Waals surface area contributed by atoms with Crippen molar-refractivity contribution in [1.29, 1.82) is 0 Å². The fourth-order valence-electron chi connectivity index (χ4n) is 2.11. The van der Waals surface area contributed by atoms with Crippen LogP contribution in [0.5, 0.6) is 0 Å². The number of benzene rings is 1. The molecule has 0 aliphatic carbocycles. The highest BCUT2D eigenvalue weighted by atomic mass is 16.1. The molecule has 0 atom stereocenters. The summed E-state index contributed by atoms with van der Waals surface area (Å²) in [4.78, 5) is 19.8. The predicted molar refractivity (Wildman–Crippen MR) is 66.9 cm³/mol. The van der Waals surface area contributed by atoms with Gasteiger partial charge in [0.25, 0.3) is 0 Å². The highest BCUT2D eigenvalue weighted by molar-refractivity contribution is 5.97. The molecule has 86 valence electrons. The number of aromatic nitrogens is 2. The van der Waals surface area contributed by atoms with E-state index in [9.17, 15) is 4.79 Å². The summed E-state index contributed by atoms with van der Waals surface area (Å²) >= 11 is 0. The minimum atomic E-state index is 0.102. The summed E-state index contributed by atoms with van der Waals surface area (Å²) < 4.78 is 0. The normalized spacial score (nSPS) is 10.3. The summed E-state index contributed by atoms with van der Waals surface area (Å²) in [7, 11) is 0. The van der Waals surface area contributed by atoms with Crippen LogP contribution >= 0.6 is 0 Å². The molecular formula is C14H14N2O. The van der Waals surface area contributed by atoms with Crippen molar-refractivity contribution in [1.82, 2.24) is 9.97 Å². The molecule has 0 unspecified atom stereocenters. The Balaban J connectivity index is 2.57. The molecule has 0 aliphatic rings. The molecular weight excluding hydrogens is 212 g/mol. The van der Waals surface area contributed by atoms with Gasteiger partial charge in [0, 0.05) is 23.5 Å². The number of hydrogen-bond donors (Lipinski definition) is 0. The molecule has 0 fully saturated rings. The van der Waals surface area contributed by atoms with Gasteiger partial charge >= 0.3 is 0 Å². The third-order valence-corrected chi connectivity index (χ3v) is 2.74. The van der Waals surface area contributed by atoms with Crippen LogP contribution in [-0.4, -0.2) is 15.8 Å². The Morgan fingerprint density at radius 1 is 1.12 bits per heavy atom. The van der Waals surface area contributed by atoms with E-state index in [1.165, 1.54) is 0 Å². The molecule has 0 saturated carbocycles. The SMILES string of the molecule is CC(=O)c1c(C)cc(-c2cnccn2)cc1C. The van der Waals surface area contributed by atoms with Gasteiger partial charge in [0.15, 0.2) is 5.78 Å². The van der Waals surface area contributed by atoms with Gasteiger partial charge in [0.1, 0.15) is 0 Å². The summed E-state index contributed by atoms with van der Waals surface area (Å²) in [5.74, 6) is 0.102. The van der Waals surface area contributed by atoms with Crippen molar-refractivity contribution in [3.05, 3.63) is 47.4 Å². The molecule has 1 aromatic carbocycles. The number of carbonyl (C=O) groups excluding carboxylic acids is 1. The molecule has 1 aromatic heterocycles. The summed E-state index contributed by atoms with van der Waals surface area (Å²) in [6.07, 6.45) is 5.04. The zero-order valence-corrected chi connectivity index (χ0v) is 10.2. The third kappa shape index (κ3) is 2.23. The fraction of sp³-hybridized carbons (Fsp3) is 0.214. The molecule has 0 saturated heterocycles. The second-order valence-corrected chi connectivity index (χ2v) is 4.13. The van der Waals surface area contributed by atoms with Crippen LogP contribution in [0.1, 0.15) is 28.4 Å². The first-order chi connectivity index (χ1) is 8.09. The van der Waals surface area contributed by atoms with Gasteiger partial charge in [-0.3, -0.25) is 14.8 Å². The van der Waals surface area contributed by atoms with Crippen molar-refractivity contribution < 1.29 is 4.79 Å². The number of rotatable bonds is 2. The van der Waals surface area contributed by atoms with Crippen molar-refractivity contribution in [2.75, 3.05) is 0 Å². The Morgan fingerprint density at radius 2 is 1.76 bits per heavy atom. The van der Waals surface area contributed by atoms with E-state index in [-0.39, 0.29) is 5.78 Å². The van der Waals surface area contributed by atoms with Gasteiger partial charge in [-0.05, 0) is 44.0 Å². The summed E-state index contributed by atoms with van der Waals surface area (Å²) in [6.45, 7) is 5.49. The van der Waals surface area contributed by atoms with Crippen molar-refractivity contribution in [3.8, 4) is 11.3 Å². The van der Waals surface area contributed by atoms with E-state index in [0.717, 1.165) is 27.9 Å². The van der Waals surface area contributed by atoms with E-state index in [4.69, 9.17) is 0 Å². The molecule has 0 N–H and O–H groups in total. The van der Waals surface area contributed by atoms with Crippen LogP contribution in [-0.2, 0) is 0 Å². The maximum atomic E-state index is 11.5. The van der Waals surface area contributed by atoms with E-state index < -0.39 is 0 Å². The van der Waals surface area contributed by atoms with Gasteiger partial charge in [-0.15, -0.1) is 0 Å². The monoisotopic (exact) mass is 226 g/mol. The lowest BCUT2D eigenvalue weighted by atomic mass is 9.96. The van der Waals surface area contributed by atoms with Gasteiger partial charge in [0.2, 0.25) is 0 Å². The molecule has 2 aromatic rings. The first kappa shape index (κ1) is 11.5. The smallest absolute Gasteiger partial charge is 0.160 e. The van der Waals surface area contributed by atoms with Crippen molar-refractivity contribution in [3.63, 3.8) is 0 Å².